The highest BCUT2D eigenvalue weighted by Gasteiger charge is 2.46. The van der Waals surface area contributed by atoms with E-state index in [0.717, 1.165) is 16.7 Å². The number of benzene rings is 2. The Bertz CT molecular complexity index is 725. The van der Waals surface area contributed by atoms with Gasteiger partial charge in [0.05, 0.1) is 6.61 Å². The van der Waals surface area contributed by atoms with Gasteiger partial charge in [-0.05, 0) is 41.0 Å². The second-order valence-corrected chi connectivity index (χ2v) is 9.39. The molecule has 2 aromatic rings. The van der Waals surface area contributed by atoms with Gasteiger partial charge in [0, 0.05) is 6.42 Å². The minimum Gasteiger partial charge on any atom is -0.321 e. The molecular weight excluding hydrogens is 358 g/mol. The van der Waals surface area contributed by atoms with Gasteiger partial charge in [0.2, 0.25) is 0 Å². The maximum Gasteiger partial charge on any atom is 0.524 e. The third-order valence-electron chi connectivity index (χ3n) is 3.88. The summed E-state index contributed by atoms with van der Waals surface area (Å²) in [6.45, 7) is 1.82. The zero-order chi connectivity index (χ0) is 18.3. The van der Waals surface area contributed by atoms with E-state index >= 15 is 0 Å². The molecule has 0 amide bonds. The quantitative estimate of drug-likeness (QED) is 0.600. The summed E-state index contributed by atoms with van der Waals surface area (Å²) in [5.41, 5.74) is 3.34. The molecule has 2 aromatic carbocycles. The second-order valence-electron chi connectivity index (χ2n) is 5.73. The maximum atomic E-state index is 11.9. The van der Waals surface area contributed by atoms with E-state index in [1.165, 1.54) is 0 Å². The topological polar surface area (TPSA) is 83.8 Å². The van der Waals surface area contributed by atoms with Crippen LogP contribution in [0.3, 0.4) is 0 Å². The van der Waals surface area contributed by atoms with E-state index in [9.17, 15) is 18.9 Å². The summed E-state index contributed by atoms with van der Waals surface area (Å²) < 4.78 is 28.3. The van der Waals surface area contributed by atoms with Crippen LogP contribution in [0.25, 0.3) is 11.1 Å². The van der Waals surface area contributed by atoms with Crippen LogP contribution in [-0.4, -0.2) is 21.8 Å². The largest absolute Gasteiger partial charge is 0.524 e. The first-order valence-corrected chi connectivity index (χ1v) is 11.1. The van der Waals surface area contributed by atoms with Gasteiger partial charge in [0.1, 0.15) is 0 Å². The molecule has 25 heavy (non-hydrogen) atoms. The van der Waals surface area contributed by atoms with Crippen LogP contribution >= 0.6 is 15.6 Å². The van der Waals surface area contributed by atoms with Gasteiger partial charge >= 0.3 is 15.6 Å². The van der Waals surface area contributed by atoms with Gasteiger partial charge in [0.25, 0.3) is 5.40 Å². The standard InChI is InChI=1S/C18H22O5P2/c1-2-23-24(19)18(25(20,21)22)10-6-7-15-11-13-17(14-12-15)16-8-4-3-5-9-16/h3-5,8-9,11-14,18H,2,6-7,10H2,1H3,(H-,20,21,22)/p+1. The lowest BCUT2D eigenvalue weighted by atomic mass is 10.0. The highest BCUT2D eigenvalue weighted by atomic mass is 31.2. The minimum atomic E-state index is -4.44. The fourth-order valence-corrected chi connectivity index (χ4v) is 5.11. The SMILES string of the molecule is CCO[P+](=O)C(CCCc1ccc(-c2ccccc2)cc1)P(=O)(O)O. The number of rotatable bonds is 9. The summed E-state index contributed by atoms with van der Waals surface area (Å²) in [6.07, 6.45) is 1.37. The molecular formula is C18H23O5P2+. The Morgan fingerprint density at radius 3 is 2.20 bits per heavy atom. The zero-order valence-electron chi connectivity index (χ0n) is 14.1. The fraction of sp³-hybridized carbons (Fsp3) is 0.333. The Balaban J connectivity index is 1.94. The third-order valence-corrected chi connectivity index (χ3v) is 7.64. The van der Waals surface area contributed by atoms with Crippen LogP contribution in [0, 0.1) is 0 Å². The summed E-state index contributed by atoms with van der Waals surface area (Å²) >= 11 is 0. The predicted octanol–water partition coefficient (Wildman–Crippen LogP) is 4.96. The van der Waals surface area contributed by atoms with Gasteiger partial charge in [-0.3, -0.25) is 4.57 Å². The summed E-state index contributed by atoms with van der Waals surface area (Å²) in [6, 6.07) is 18.1. The van der Waals surface area contributed by atoms with Gasteiger partial charge in [-0.2, -0.15) is 0 Å². The number of hydrogen-bond acceptors (Lipinski definition) is 3. The average Bonchev–Trinajstić information content (AvgIpc) is 2.59. The molecule has 0 aliphatic carbocycles. The van der Waals surface area contributed by atoms with Crippen molar-refractivity contribution in [2.24, 2.45) is 0 Å². The maximum absolute atomic E-state index is 11.9. The molecule has 2 N–H and O–H groups in total. The lowest BCUT2D eigenvalue weighted by Crippen LogP contribution is -2.06. The Kier molecular flexibility index (Phi) is 7.49. The molecule has 0 spiro atoms. The molecule has 0 aliphatic rings. The van der Waals surface area contributed by atoms with Crippen LogP contribution in [0.2, 0.25) is 0 Å². The van der Waals surface area contributed by atoms with Crippen LogP contribution in [0.5, 0.6) is 0 Å². The molecule has 0 heterocycles. The van der Waals surface area contributed by atoms with E-state index in [2.05, 4.69) is 0 Å². The molecule has 0 radical (unpaired) electrons. The molecule has 2 atom stereocenters. The fourth-order valence-electron chi connectivity index (χ4n) is 2.59. The molecule has 0 bridgehead atoms. The van der Waals surface area contributed by atoms with Crippen molar-refractivity contribution in [3.63, 3.8) is 0 Å². The van der Waals surface area contributed by atoms with Gasteiger partial charge in [-0.25, -0.2) is 0 Å². The number of hydrogen-bond donors (Lipinski definition) is 2. The Labute approximate surface area is 149 Å². The smallest absolute Gasteiger partial charge is 0.321 e. The minimum absolute atomic E-state index is 0.167. The van der Waals surface area contributed by atoms with E-state index in [1.807, 2.05) is 54.6 Å². The van der Waals surface area contributed by atoms with Crippen LogP contribution in [0.4, 0.5) is 0 Å². The van der Waals surface area contributed by atoms with E-state index < -0.39 is 21.0 Å². The zero-order valence-corrected chi connectivity index (χ0v) is 15.9. The Morgan fingerprint density at radius 1 is 1.04 bits per heavy atom. The van der Waals surface area contributed by atoms with Crippen molar-refractivity contribution in [1.82, 2.24) is 0 Å². The molecule has 2 rings (SSSR count). The van der Waals surface area contributed by atoms with Crippen molar-refractivity contribution in [2.45, 2.75) is 31.6 Å². The Morgan fingerprint density at radius 2 is 1.64 bits per heavy atom. The molecule has 7 heteroatoms. The first kappa shape index (κ1) is 20.0. The van der Waals surface area contributed by atoms with Crippen molar-refractivity contribution in [1.29, 1.82) is 0 Å². The molecule has 2 unspecified atom stereocenters. The highest BCUT2D eigenvalue weighted by molar-refractivity contribution is 7.65. The summed E-state index contributed by atoms with van der Waals surface area (Å²) in [4.78, 5) is 18.8. The van der Waals surface area contributed by atoms with Crippen molar-refractivity contribution in [3.05, 3.63) is 60.2 Å². The molecule has 0 saturated heterocycles. The van der Waals surface area contributed by atoms with Gasteiger partial charge in [-0.1, -0.05) is 54.6 Å². The molecule has 0 aromatic heterocycles. The van der Waals surface area contributed by atoms with E-state index in [-0.39, 0.29) is 13.0 Å². The highest BCUT2D eigenvalue weighted by Crippen LogP contribution is 2.55. The Hall–Kier alpha value is -1.35. The van der Waals surface area contributed by atoms with Crippen LogP contribution in [0.1, 0.15) is 25.3 Å². The van der Waals surface area contributed by atoms with Crippen LogP contribution in [0.15, 0.2) is 54.6 Å². The average molecular weight is 381 g/mol. The van der Waals surface area contributed by atoms with Crippen molar-refractivity contribution >= 4 is 15.6 Å². The van der Waals surface area contributed by atoms with E-state index in [0.29, 0.717) is 12.8 Å². The monoisotopic (exact) mass is 381 g/mol. The lowest BCUT2D eigenvalue weighted by molar-refractivity contribution is 0.332. The summed E-state index contributed by atoms with van der Waals surface area (Å²) in [7, 11) is -6.80. The summed E-state index contributed by atoms with van der Waals surface area (Å²) in [5.74, 6) is 0. The van der Waals surface area contributed by atoms with Gasteiger partial charge in [-0.15, -0.1) is 4.52 Å². The first-order chi connectivity index (χ1) is 11.9. The van der Waals surface area contributed by atoms with E-state index in [1.54, 1.807) is 6.92 Å². The second kappa shape index (κ2) is 9.38. The van der Waals surface area contributed by atoms with Gasteiger partial charge in [0.15, 0.2) is 0 Å². The molecule has 134 valence electrons. The van der Waals surface area contributed by atoms with Crippen molar-refractivity contribution in [3.8, 4) is 11.1 Å². The van der Waals surface area contributed by atoms with Crippen molar-refractivity contribution < 1.29 is 23.4 Å². The molecule has 5 nitrogen and oxygen atoms in total. The third kappa shape index (κ3) is 6.14. The predicted molar refractivity (Wildman–Crippen MR) is 99.9 cm³/mol. The van der Waals surface area contributed by atoms with Crippen molar-refractivity contribution in [2.75, 3.05) is 6.61 Å². The van der Waals surface area contributed by atoms with Crippen LogP contribution in [-0.2, 0) is 20.1 Å². The van der Waals surface area contributed by atoms with Crippen LogP contribution < -0.4 is 0 Å². The summed E-state index contributed by atoms with van der Waals surface area (Å²) in [5, 5.41) is -1.23. The van der Waals surface area contributed by atoms with Gasteiger partial charge < -0.3 is 9.79 Å². The lowest BCUT2D eigenvalue weighted by Gasteiger charge is -2.09. The van der Waals surface area contributed by atoms with E-state index in [4.69, 9.17) is 4.52 Å². The molecule has 0 saturated carbocycles. The number of aryl methyl sites for hydroxylation is 1. The molecule has 0 aliphatic heterocycles. The first-order valence-electron chi connectivity index (χ1n) is 8.20. The normalized spacial score (nSPS) is 13.5. The molecule has 0 fully saturated rings.